The minimum atomic E-state index is -1.13. The van der Waals surface area contributed by atoms with Crippen molar-refractivity contribution in [2.45, 2.75) is 42.4 Å². The monoisotopic (exact) mass is 578 g/mol. The predicted molar refractivity (Wildman–Crippen MR) is 158 cm³/mol. The minimum Gasteiger partial charge on any atom is -0.481 e. The van der Waals surface area contributed by atoms with E-state index >= 15 is 0 Å². The van der Waals surface area contributed by atoms with Gasteiger partial charge in [0.15, 0.2) is 5.78 Å². The van der Waals surface area contributed by atoms with Gasteiger partial charge in [-0.25, -0.2) is 4.39 Å². The molecule has 2 unspecified atom stereocenters. The largest absolute Gasteiger partial charge is 0.481 e. The number of benzene rings is 3. The van der Waals surface area contributed by atoms with E-state index in [0.29, 0.717) is 12.1 Å². The number of carbonyl (C=O) groups excluding carboxylic acids is 2. The summed E-state index contributed by atoms with van der Waals surface area (Å²) in [5.41, 5.74) is 2.35. The third-order valence-electron chi connectivity index (χ3n) is 7.29. The lowest BCUT2D eigenvalue weighted by molar-refractivity contribution is -0.134. The number of Topliss-reactive ketones (excluding diaryl/α,β-unsaturated/α-hetero) is 1. The first-order valence-corrected chi connectivity index (χ1v) is 14.6. The van der Waals surface area contributed by atoms with Crippen LogP contribution in [0.15, 0.2) is 83.8 Å². The van der Waals surface area contributed by atoms with Crippen LogP contribution in [-0.2, 0) is 9.59 Å². The van der Waals surface area contributed by atoms with E-state index in [-0.39, 0.29) is 28.7 Å². The Bertz CT molecular complexity index is 1330. The van der Waals surface area contributed by atoms with Gasteiger partial charge >= 0.3 is 0 Å². The van der Waals surface area contributed by atoms with Gasteiger partial charge in [0.2, 0.25) is 0 Å². The Morgan fingerprint density at radius 2 is 1.54 bits per heavy atom. The number of aliphatic hydroxyl groups is 1. The minimum absolute atomic E-state index is 0.0390. The standard InChI is InChI=1S/C30H31FN2O3S.C2H4O2/c31-24-13-11-21(12-14-24)27(34)22-15-19-32(20-16-22)17-6-18-33-25-9-4-5-10-26(25)37-29(28(35)30(33)36)23-7-2-1-3-8-23;1-2(3)4/h1-5,7-14,22,28-29,35H,6,15-20H2;1H3,(H,3,4). The van der Waals surface area contributed by atoms with E-state index in [4.69, 9.17) is 9.90 Å². The maximum atomic E-state index is 13.4. The molecule has 216 valence electrons. The van der Waals surface area contributed by atoms with Crippen molar-refractivity contribution in [1.29, 1.82) is 0 Å². The molecule has 5 rings (SSSR count). The van der Waals surface area contributed by atoms with Gasteiger partial charge in [-0.1, -0.05) is 42.5 Å². The van der Waals surface area contributed by atoms with Crippen molar-refractivity contribution in [3.8, 4) is 0 Å². The molecule has 9 heteroatoms. The van der Waals surface area contributed by atoms with Crippen LogP contribution >= 0.6 is 11.8 Å². The van der Waals surface area contributed by atoms with E-state index in [0.717, 1.165) is 62.0 Å². The number of ketones is 1. The second-order valence-corrected chi connectivity index (χ2v) is 11.4. The van der Waals surface area contributed by atoms with Crippen LogP contribution in [0, 0.1) is 11.7 Å². The first-order valence-electron chi connectivity index (χ1n) is 13.8. The normalized spacial score (nSPS) is 19.5. The van der Waals surface area contributed by atoms with Crippen molar-refractivity contribution in [1.82, 2.24) is 4.90 Å². The quantitative estimate of drug-likeness (QED) is 0.360. The van der Waals surface area contributed by atoms with Gasteiger partial charge < -0.3 is 20.0 Å². The number of likely N-dealkylation sites (tertiary alicyclic amines) is 1. The molecule has 2 aliphatic heterocycles. The summed E-state index contributed by atoms with van der Waals surface area (Å²) in [5, 5.41) is 18.1. The zero-order valence-electron chi connectivity index (χ0n) is 23.0. The van der Waals surface area contributed by atoms with Crippen LogP contribution in [-0.4, -0.2) is 65.1 Å². The number of piperidine rings is 1. The summed E-state index contributed by atoms with van der Waals surface area (Å²) < 4.78 is 13.2. The van der Waals surface area contributed by atoms with Crippen molar-refractivity contribution in [3.05, 3.63) is 95.8 Å². The highest BCUT2D eigenvalue weighted by molar-refractivity contribution is 7.99. The molecule has 1 fully saturated rings. The Morgan fingerprint density at radius 3 is 2.20 bits per heavy atom. The molecule has 0 aliphatic carbocycles. The summed E-state index contributed by atoms with van der Waals surface area (Å²) in [5.74, 6) is -1.39. The summed E-state index contributed by atoms with van der Waals surface area (Å²) in [6.45, 7) is 4.05. The van der Waals surface area contributed by atoms with Gasteiger partial charge in [0.05, 0.1) is 10.9 Å². The number of anilines is 1. The fourth-order valence-corrected chi connectivity index (χ4v) is 6.50. The van der Waals surface area contributed by atoms with Crippen molar-refractivity contribution < 1.29 is 29.0 Å². The molecule has 0 aromatic heterocycles. The number of amides is 1. The number of carbonyl (C=O) groups is 3. The lowest BCUT2D eigenvalue weighted by atomic mass is 9.89. The third kappa shape index (κ3) is 8.03. The van der Waals surface area contributed by atoms with E-state index in [1.807, 2.05) is 54.6 Å². The molecular weight excluding hydrogens is 543 g/mol. The molecule has 0 radical (unpaired) electrons. The SMILES string of the molecule is CC(=O)O.O=C(c1ccc(F)cc1)C1CCN(CCCN2C(=O)C(O)C(c3ccccc3)Sc3ccccc32)CC1. The van der Waals surface area contributed by atoms with Crippen LogP contribution in [0.1, 0.15) is 47.4 Å². The number of hydrogen-bond donors (Lipinski definition) is 2. The van der Waals surface area contributed by atoms with Crippen molar-refractivity contribution in [3.63, 3.8) is 0 Å². The van der Waals surface area contributed by atoms with Crippen LogP contribution < -0.4 is 4.90 Å². The number of halogens is 1. The molecule has 3 aromatic carbocycles. The molecule has 7 nitrogen and oxygen atoms in total. The Morgan fingerprint density at radius 1 is 0.927 bits per heavy atom. The maximum Gasteiger partial charge on any atom is 0.300 e. The van der Waals surface area contributed by atoms with E-state index in [9.17, 15) is 19.1 Å². The van der Waals surface area contributed by atoms with E-state index < -0.39 is 12.1 Å². The van der Waals surface area contributed by atoms with Gasteiger partial charge in [0, 0.05) is 29.8 Å². The zero-order valence-corrected chi connectivity index (χ0v) is 23.8. The zero-order chi connectivity index (χ0) is 29.4. The van der Waals surface area contributed by atoms with Crippen LogP contribution in [0.25, 0.3) is 0 Å². The third-order valence-corrected chi connectivity index (χ3v) is 8.67. The Hall–Kier alpha value is -3.53. The summed E-state index contributed by atoms with van der Waals surface area (Å²) in [7, 11) is 0. The summed E-state index contributed by atoms with van der Waals surface area (Å²) in [6, 6.07) is 23.4. The molecule has 2 heterocycles. The van der Waals surface area contributed by atoms with E-state index in [1.165, 1.54) is 23.9 Å². The summed E-state index contributed by atoms with van der Waals surface area (Å²) in [4.78, 5) is 40.3. The van der Waals surface area contributed by atoms with Gasteiger partial charge in [-0.3, -0.25) is 14.4 Å². The number of rotatable bonds is 7. The maximum absolute atomic E-state index is 13.4. The van der Waals surface area contributed by atoms with Crippen LogP contribution in [0.5, 0.6) is 0 Å². The Labute approximate surface area is 244 Å². The molecule has 0 spiro atoms. The summed E-state index contributed by atoms with van der Waals surface area (Å²) >= 11 is 1.53. The second-order valence-electron chi connectivity index (χ2n) is 10.2. The van der Waals surface area contributed by atoms with Crippen LogP contribution in [0.4, 0.5) is 10.1 Å². The van der Waals surface area contributed by atoms with E-state index in [2.05, 4.69) is 4.90 Å². The van der Waals surface area contributed by atoms with Gasteiger partial charge in [0.25, 0.3) is 11.9 Å². The predicted octanol–water partition coefficient (Wildman–Crippen LogP) is 5.44. The molecule has 41 heavy (non-hydrogen) atoms. The number of thioether (sulfide) groups is 1. The Balaban J connectivity index is 0.000000909. The topological polar surface area (TPSA) is 98.2 Å². The van der Waals surface area contributed by atoms with Gasteiger partial charge in [-0.15, -0.1) is 11.8 Å². The first-order chi connectivity index (χ1) is 19.7. The fraction of sp³-hybridized carbons (Fsp3) is 0.344. The molecule has 0 saturated carbocycles. The molecule has 2 atom stereocenters. The van der Waals surface area contributed by atoms with Gasteiger partial charge in [0.1, 0.15) is 11.9 Å². The second kappa shape index (κ2) is 14.4. The molecule has 1 amide bonds. The molecule has 1 saturated heterocycles. The number of fused-ring (bicyclic) bond motifs is 1. The number of carboxylic acid groups (broad SMARTS) is 1. The highest BCUT2D eigenvalue weighted by atomic mass is 32.2. The molecular formula is C32H35FN2O5S. The number of carboxylic acids is 1. The lowest BCUT2D eigenvalue weighted by Gasteiger charge is -2.32. The average Bonchev–Trinajstić information content (AvgIpc) is 3.08. The highest BCUT2D eigenvalue weighted by Crippen LogP contribution is 2.45. The molecule has 2 aliphatic rings. The van der Waals surface area contributed by atoms with Crippen molar-refractivity contribution in [2.75, 3.05) is 31.1 Å². The average molecular weight is 579 g/mol. The number of hydrogen-bond acceptors (Lipinski definition) is 6. The summed E-state index contributed by atoms with van der Waals surface area (Å²) in [6.07, 6.45) is 1.18. The number of aliphatic hydroxyl groups excluding tert-OH is 1. The Kier molecular flexibility index (Phi) is 10.7. The fourth-order valence-electron chi connectivity index (χ4n) is 5.23. The smallest absolute Gasteiger partial charge is 0.300 e. The lowest BCUT2D eigenvalue weighted by Crippen LogP contribution is -2.42. The number of para-hydroxylation sites is 1. The molecule has 0 bridgehead atoms. The first kappa shape index (κ1) is 30.4. The van der Waals surface area contributed by atoms with Gasteiger partial charge in [-0.05, 0) is 80.9 Å². The molecule has 3 aromatic rings. The van der Waals surface area contributed by atoms with Crippen molar-refractivity contribution >= 4 is 35.1 Å². The molecule has 2 N–H and O–H groups in total. The van der Waals surface area contributed by atoms with Crippen LogP contribution in [0.2, 0.25) is 0 Å². The van der Waals surface area contributed by atoms with E-state index in [1.54, 1.807) is 17.0 Å². The number of aliphatic carboxylic acids is 1. The van der Waals surface area contributed by atoms with Gasteiger partial charge in [-0.2, -0.15) is 0 Å². The number of nitrogens with zero attached hydrogens (tertiary/aromatic N) is 2. The van der Waals surface area contributed by atoms with Crippen molar-refractivity contribution in [2.24, 2.45) is 5.92 Å². The highest BCUT2D eigenvalue weighted by Gasteiger charge is 2.37. The van der Waals surface area contributed by atoms with Crippen LogP contribution in [0.3, 0.4) is 0 Å².